The average molecular weight is 390 g/mol. The third-order valence-electron chi connectivity index (χ3n) is 5.45. The molecule has 1 aromatic heterocycles. The summed E-state index contributed by atoms with van der Waals surface area (Å²) < 4.78 is 1.66. The number of carbonyl (C=O) groups is 2. The van der Waals surface area contributed by atoms with Gasteiger partial charge >= 0.3 is 5.97 Å². The van der Waals surface area contributed by atoms with Gasteiger partial charge in [0, 0.05) is 13.1 Å². The molecule has 7 heteroatoms. The molecule has 1 aliphatic heterocycles. The van der Waals surface area contributed by atoms with Crippen LogP contribution in [0.3, 0.4) is 0 Å². The molecule has 0 radical (unpaired) electrons. The molecule has 2 aromatic carbocycles. The van der Waals surface area contributed by atoms with Gasteiger partial charge in [0.25, 0.3) is 5.91 Å². The Labute approximate surface area is 168 Å². The summed E-state index contributed by atoms with van der Waals surface area (Å²) in [6.45, 7) is 2.67. The van der Waals surface area contributed by atoms with Crippen molar-refractivity contribution >= 4 is 11.9 Å². The minimum atomic E-state index is -0.793. The van der Waals surface area contributed by atoms with Crippen molar-refractivity contribution in [2.75, 3.05) is 13.1 Å². The zero-order chi connectivity index (χ0) is 20.4. The molecular formula is C22H22N4O3. The molecule has 148 valence electrons. The number of likely N-dealkylation sites (tertiary alicyclic amines) is 1. The number of carboxylic acid groups (broad SMARTS) is 1. The van der Waals surface area contributed by atoms with Crippen LogP contribution < -0.4 is 0 Å². The number of hydrogen-bond acceptors (Lipinski definition) is 4. The lowest BCUT2D eigenvalue weighted by atomic mass is 9.97. The highest BCUT2D eigenvalue weighted by molar-refractivity contribution is 5.93. The predicted molar refractivity (Wildman–Crippen MR) is 108 cm³/mol. The van der Waals surface area contributed by atoms with Gasteiger partial charge in [-0.15, -0.1) is 5.10 Å². The molecule has 0 aliphatic carbocycles. The first kappa shape index (κ1) is 18.9. The second-order valence-electron chi connectivity index (χ2n) is 7.25. The lowest BCUT2D eigenvalue weighted by molar-refractivity contribution is -0.143. The van der Waals surface area contributed by atoms with Crippen LogP contribution in [0.15, 0.2) is 54.6 Å². The lowest BCUT2D eigenvalue weighted by Crippen LogP contribution is -2.40. The molecular weight excluding hydrogens is 368 g/mol. The molecule has 1 aliphatic rings. The van der Waals surface area contributed by atoms with Crippen LogP contribution in [0.1, 0.15) is 29.0 Å². The molecule has 0 saturated carbocycles. The molecule has 0 spiro atoms. The predicted octanol–water partition coefficient (Wildman–Crippen LogP) is 3.18. The summed E-state index contributed by atoms with van der Waals surface area (Å²) in [4.78, 5) is 25.6. The van der Waals surface area contributed by atoms with Crippen molar-refractivity contribution in [3.8, 4) is 16.8 Å². The molecule has 0 unspecified atom stereocenters. The number of aromatic nitrogens is 3. The number of hydrogen-bond donors (Lipinski definition) is 1. The van der Waals surface area contributed by atoms with Crippen LogP contribution in [0.25, 0.3) is 16.8 Å². The molecule has 1 N–H and O–H groups in total. The smallest absolute Gasteiger partial charge is 0.306 e. The van der Waals surface area contributed by atoms with Crippen LogP contribution in [-0.2, 0) is 4.79 Å². The maximum atomic E-state index is 12.8. The summed E-state index contributed by atoms with van der Waals surface area (Å²) in [5.74, 6) is -1.37. The first-order valence-electron chi connectivity index (χ1n) is 9.65. The number of benzene rings is 2. The summed E-state index contributed by atoms with van der Waals surface area (Å²) in [5, 5.41) is 17.4. The molecule has 4 rings (SSSR count). The van der Waals surface area contributed by atoms with Crippen molar-refractivity contribution in [1.29, 1.82) is 0 Å². The van der Waals surface area contributed by atoms with Crippen LogP contribution in [0.5, 0.6) is 0 Å². The van der Waals surface area contributed by atoms with E-state index in [-0.39, 0.29) is 11.8 Å². The van der Waals surface area contributed by atoms with E-state index < -0.39 is 5.97 Å². The van der Waals surface area contributed by atoms with Crippen molar-refractivity contribution in [2.45, 2.75) is 19.8 Å². The fourth-order valence-corrected chi connectivity index (χ4v) is 3.68. The maximum absolute atomic E-state index is 12.8. The SMILES string of the molecule is Cc1c(C(=O)N2CCC(C(=O)O)CC2)nnn1-c1ccc(-c2ccccc2)cc1. The normalized spacial score (nSPS) is 14.7. The number of aliphatic carboxylic acids is 1. The number of piperidine rings is 1. The van der Waals surface area contributed by atoms with E-state index >= 15 is 0 Å². The van der Waals surface area contributed by atoms with E-state index in [4.69, 9.17) is 5.11 Å². The Kier molecular flexibility index (Phi) is 5.12. The van der Waals surface area contributed by atoms with Gasteiger partial charge in [0.15, 0.2) is 5.69 Å². The number of nitrogens with zero attached hydrogens (tertiary/aromatic N) is 4. The van der Waals surface area contributed by atoms with Gasteiger partial charge in [0.05, 0.1) is 17.3 Å². The Balaban J connectivity index is 1.51. The number of rotatable bonds is 4. The van der Waals surface area contributed by atoms with Gasteiger partial charge in [-0.05, 0) is 43.0 Å². The number of carboxylic acids is 1. The van der Waals surface area contributed by atoms with E-state index in [1.54, 1.807) is 9.58 Å². The molecule has 7 nitrogen and oxygen atoms in total. The van der Waals surface area contributed by atoms with Crippen molar-refractivity contribution in [2.24, 2.45) is 5.92 Å². The summed E-state index contributed by atoms with van der Waals surface area (Å²) in [5.41, 5.74) is 4.05. The highest BCUT2D eigenvalue weighted by Crippen LogP contribution is 2.23. The van der Waals surface area contributed by atoms with Gasteiger partial charge in [-0.3, -0.25) is 9.59 Å². The lowest BCUT2D eigenvalue weighted by Gasteiger charge is -2.29. The molecule has 2 heterocycles. The molecule has 1 fully saturated rings. The summed E-state index contributed by atoms with van der Waals surface area (Å²) in [6, 6.07) is 18.0. The third-order valence-corrected chi connectivity index (χ3v) is 5.45. The molecule has 1 saturated heterocycles. The van der Waals surface area contributed by atoms with E-state index in [1.807, 2.05) is 49.4 Å². The summed E-state index contributed by atoms with van der Waals surface area (Å²) in [7, 11) is 0. The van der Waals surface area contributed by atoms with Gasteiger partial charge in [-0.2, -0.15) is 0 Å². The monoisotopic (exact) mass is 390 g/mol. The summed E-state index contributed by atoms with van der Waals surface area (Å²) >= 11 is 0. The second kappa shape index (κ2) is 7.87. The minimum Gasteiger partial charge on any atom is -0.481 e. The van der Waals surface area contributed by atoms with Crippen LogP contribution in [0.4, 0.5) is 0 Å². The Bertz CT molecular complexity index is 1020. The Morgan fingerprint density at radius 3 is 2.21 bits per heavy atom. The van der Waals surface area contributed by atoms with Gasteiger partial charge in [-0.25, -0.2) is 4.68 Å². The average Bonchev–Trinajstić information content (AvgIpc) is 3.15. The van der Waals surface area contributed by atoms with Gasteiger partial charge in [0.2, 0.25) is 0 Å². The van der Waals surface area contributed by atoms with E-state index in [0.29, 0.717) is 37.3 Å². The molecule has 29 heavy (non-hydrogen) atoms. The minimum absolute atomic E-state index is 0.196. The number of amides is 1. The van der Waals surface area contributed by atoms with E-state index in [0.717, 1.165) is 16.8 Å². The van der Waals surface area contributed by atoms with Crippen LogP contribution in [-0.4, -0.2) is 50.0 Å². The maximum Gasteiger partial charge on any atom is 0.306 e. The topological polar surface area (TPSA) is 88.3 Å². The molecule has 1 amide bonds. The summed E-state index contributed by atoms with van der Waals surface area (Å²) in [6.07, 6.45) is 0.935. The fourth-order valence-electron chi connectivity index (χ4n) is 3.68. The van der Waals surface area contributed by atoms with Crippen molar-refractivity contribution in [3.63, 3.8) is 0 Å². The highest BCUT2D eigenvalue weighted by atomic mass is 16.4. The molecule has 0 bridgehead atoms. The Hall–Kier alpha value is -3.48. The van der Waals surface area contributed by atoms with E-state index in [9.17, 15) is 9.59 Å². The molecule has 0 atom stereocenters. The fraction of sp³-hybridized carbons (Fsp3) is 0.273. The van der Waals surface area contributed by atoms with Crippen molar-refractivity contribution in [3.05, 3.63) is 66.0 Å². The first-order chi connectivity index (χ1) is 14.0. The largest absolute Gasteiger partial charge is 0.481 e. The van der Waals surface area contributed by atoms with Crippen LogP contribution in [0.2, 0.25) is 0 Å². The zero-order valence-corrected chi connectivity index (χ0v) is 16.2. The van der Waals surface area contributed by atoms with Gasteiger partial charge in [-0.1, -0.05) is 47.7 Å². The van der Waals surface area contributed by atoms with Crippen LogP contribution in [0, 0.1) is 12.8 Å². The van der Waals surface area contributed by atoms with Gasteiger partial charge in [0.1, 0.15) is 0 Å². The number of carbonyl (C=O) groups excluding carboxylic acids is 1. The third kappa shape index (κ3) is 3.76. The van der Waals surface area contributed by atoms with E-state index in [1.165, 1.54) is 0 Å². The van der Waals surface area contributed by atoms with E-state index in [2.05, 4.69) is 22.4 Å². The first-order valence-corrected chi connectivity index (χ1v) is 9.65. The van der Waals surface area contributed by atoms with Crippen molar-refractivity contribution in [1.82, 2.24) is 19.9 Å². The quantitative estimate of drug-likeness (QED) is 0.739. The Morgan fingerprint density at radius 1 is 0.966 bits per heavy atom. The van der Waals surface area contributed by atoms with Gasteiger partial charge < -0.3 is 10.0 Å². The highest BCUT2D eigenvalue weighted by Gasteiger charge is 2.30. The standard InChI is InChI=1S/C22H22N4O3/c1-15-20(21(27)25-13-11-18(12-14-25)22(28)29)23-24-26(15)19-9-7-17(8-10-19)16-5-3-2-4-6-16/h2-10,18H,11-14H2,1H3,(H,28,29). The van der Waals surface area contributed by atoms with Crippen molar-refractivity contribution < 1.29 is 14.7 Å². The Morgan fingerprint density at radius 2 is 1.59 bits per heavy atom. The zero-order valence-electron chi connectivity index (χ0n) is 16.2. The molecule has 3 aromatic rings. The second-order valence-corrected chi connectivity index (χ2v) is 7.25. The van der Waals surface area contributed by atoms with Crippen LogP contribution >= 0.6 is 0 Å².